The largest absolute Gasteiger partial charge is 0.351 e. The number of benzene rings is 2. The highest BCUT2D eigenvalue weighted by Crippen LogP contribution is 2.36. The second-order valence-electron chi connectivity index (χ2n) is 6.08. The van der Waals surface area contributed by atoms with Gasteiger partial charge in [-0.05, 0) is 36.5 Å². The minimum Gasteiger partial charge on any atom is -0.351 e. The Kier molecular flexibility index (Phi) is 5.67. The molecule has 2 aromatic rings. The Hall–Kier alpha value is -1.55. The summed E-state index contributed by atoms with van der Waals surface area (Å²) in [7, 11) is 1.44. The topological polar surface area (TPSA) is 29.5 Å². The van der Waals surface area contributed by atoms with Gasteiger partial charge >= 0.3 is 0 Å². The predicted octanol–water partition coefficient (Wildman–Crippen LogP) is 4.77. The molecule has 1 fully saturated rings. The highest BCUT2D eigenvalue weighted by Gasteiger charge is 2.43. The average Bonchev–Trinajstić information content (AvgIpc) is 2.68. The van der Waals surface area contributed by atoms with Crippen molar-refractivity contribution in [1.29, 1.82) is 0 Å². The monoisotopic (exact) mass is 376 g/mol. The molecule has 131 valence electrons. The van der Waals surface area contributed by atoms with Crippen LogP contribution in [-0.4, -0.2) is 30.0 Å². The van der Waals surface area contributed by atoms with Crippen molar-refractivity contribution in [3.63, 3.8) is 0 Å². The van der Waals surface area contributed by atoms with Crippen LogP contribution in [0.5, 0.6) is 0 Å². The highest BCUT2D eigenvalue weighted by atomic mass is 35.5. The molecule has 1 saturated heterocycles. The van der Waals surface area contributed by atoms with Crippen LogP contribution in [-0.2, 0) is 14.6 Å². The second kappa shape index (κ2) is 7.77. The van der Waals surface area contributed by atoms with E-state index in [0.717, 1.165) is 30.4 Å². The van der Waals surface area contributed by atoms with Gasteiger partial charge in [-0.15, -0.1) is 0 Å². The molecule has 2 unspecified atom stereocenters. The first-order chi connectivity index (χ1) is 12.1. The highest BCUT2D eigenvalue weighted by molar-refractivity contribution is 6.34. The molecule has 3 nitrogen and oxygen atoms in total. The minimum atomic E-state index is -1.57. The van der Waals surface area contributed by atoms with E-state index in [9.17, 15) is 4.79 Å². The van der Waals surface area contributed by atoms with Crippen molar-refractivity contribution in [2.45, 2.75) is 29.8 Å². The Morgan fingerprint density at radius 1 is 1.24 bits per heavy atom. The van der Waals surface area contributed by atoms with Crippen LogP contribution in [0.25, 0.3) is 11.1 Å². The fourth-order valence-corrected chi connectivity index (χ4v) is 3.65. The van der Waals surface area contributed by atoms with Crippen molar-refractivity contribution >= 4 is 29.1 Å². The second-order valence-corrected chi connectivity index (χ2v) is 7.12. The van der Waals surface area contributed by atoms with Gasteiger partial charge in [0.1, 0.15) is 5.50 Å². The van der Waals surface area contributed by atoms with E-state index in [2.05, 4.69) is 6.07 Å². The summed E-state index contributed by atoms with van der Waals surface area (Å²) in [5.74, 6) is -0.310. The lowest BCUT2D eigenvalue weighted by molar-refractivity contribution is -0.148. The van der Waals surface area contributed by atoms with Crippen LogP contribution in [0.4, 0.5) is 0 Å². The first-order valence-corrected chi connectivity index (χ1v) is 9.14. The molecule has 25 heavy (non-hydrogen) atoms. The smallest absolute Gasteiger partial charge is 0.276 e. The Morgan fingerprint density at radius 3 is 2.60 bits per heavy atom. The van der Waals surface area contributed by atoms with E-state index < -0.39 is 5.06 Å². The Balaban J connectivity index is 1.87. The van der Waals surface area contributed by atoms with E-state index in [1.165, 1.54) is 7.11 Å². The molecule has 1 radical (unpaired) electrons. The third-order valence-electron chi connectivity index (χ3n) is 4.52. The number of nitrogens with zero attached hydrogens (tertiary/aromatic N) is 1. The molecule has 0 saturated carbocycles. The van der Waals surface area contributed by atoms with Gasteiger partial charge in [-0.25, -0.2) is 0 Å². The maximum atomic E-state index is 13.0. The van der Waals surface area contributed by atoms with Gasteiger partial charge in [0, 0.05) is 19.2 Å². The molecule has 1 amide bonds. The zero-order valence-corrected chi connectivity index (χ0v) is 15.6. The van der Waals surface area contributed by atoms with E-state index in [4.69, 9.17) is 27.9 Å². The number of ether oxygens (including phenoxy) is 1. The lowest BCUT2D eigenvalue weighted by atomic mass is 10.00. The van der Waals surface area contributed by atoms with Gasteiger partial charge in [-0.1, -0.05) is 71.7 Å². The summed E-state index contributed by atoms with van der Waals surface area (Å²) in [6.45, 7) is 0.599. The summed E-state index contributed by atoms with van der Waals surface area (Å²) >= 11 is 12.9. The van der Waals surface area contributed by atoms with E-state index in [-0.39, 0.29) is 11.4 Å². The summed E-state index contributed by atoms with van der Waals surface area (Å²) in [4.78, 5) is 14.6. The fraction of sp³-hybridized carbons (Fsp3) is 0.350. The van der Waals surface area contributed by atoms with Gasteiger partial charge in [0.25, 0.3) is 5.91 Å². The number of halogens is 2. The van der Waals surface area contributed by atoms with E-state index in [1.807, 2.05) is 48.5 Å². The molecule has 2 aromatic carbocycles. The van der Waals surface area contributed by atoms with Crippen molar-refractivity contribution in [1.82, 2.24) is 4.90 Å². The molecule has 1 aliphatic rings. The Labute approximate surface area is 158 Å². The van der Waals surface area contributed by atoms with Crippen LogP contribution < -0.4 is 0 Å². The molecular weight excluding hydrogens is 357 g/mol. The number of likely N-dealkylation sites (tertiary alicyclic amines) is 1. The van der Waals surface area contributed by atoms with Gasteiger partial charge in [-0.3, -0.25) is 4.79 Å². The number of hydrogen-bond donors (Lipinski definition) is 0. The molecule has 3 rings (SSSR count). The summed E-state index contributed by atoms with van der Waals surface area (Å²) in [5, 5.41) is -1.57. The zero-order valence-electron chi connectivity index (χ0n) is 14.0. The van der Waals surface area contributed by atoms with Crippen LogP contribution in [0.15, 0.2) is 48.5 Å². The van der Waals surface area contributed by atoms with E-state index in [1.54, 1.807) is 4.90 Å². The third kappa shape index (κ3) is 3.69. The first-order valence-electron chi connectivity index (χ1n) is 8.33. The van der Waals surface area contributed by atoms with Crippen molar-refractivity contribution in [3.05, 3.63) is 60.2 Å². The number of rotatable bonds is 4. The van der Waals surface area contributed by atoms with Gasteiger partial charge in [0.05, 0.1) is 0 Å². The standard InChI is InChI=1S/C20H20Cl2NO2/c1-25-20(22,19(24)23-14-6-5-9-18(23)21)17-12-10-16(11-13-17)15-7-3-2-4-8-15/h2-4,7,10-13,18H,5-6,9,14H2,1H3. The van der Waals surface area contributed by atoms with Gasteiger partial charge in [0.2, 0.25) is 5.06 Å². The van der Waals surface area contributed by atoms with Crippen LogP contribution in [0.2, 0.25) is 0 Å². The molecule has 1 aliphatic heterocycles. The molecule has 0 aliphatic carbocycles. The van der Waals surface area contributed by atoms with Crippen molar-refractivity contribution in [2.24, 2.45) is 0 Å². The number of carbonyl (C=O) groups excluding carboxylic acids is 1. The maximum absolute atomic E-state index is 13.0. The number of hydrogen-bond acceptors (Lipinski definition) is 2. The van der Waals surface area contributed by atoms with Gasteiger partial charge in [0.15, 0.2) is 0 Å². The van der Waals surface area contributed by atoms with Crippen LogP contribution in [0, 0.1) is 6.07 Å². The zero-order chi connectivity index (χ0) is 17.9. The number of amides is 1. The van der Waals surface area contributed by atoms with Crippen molar-refractivity contribution < 1.29 is 9.53 Å². The number of alkyl halides is 2. The van der Waals surface area contributed by atoms with Crippen molar-refractivity contribution in [2.75, 3.05) is 13.7 Å². The normalized spacial score (nSPS) is 20.1. The average molecular weight is 377 g/mol. The molecule has 2 atom stereocenters. The van der Waals surface area contributed by atoms with E-state index >= 15 is 0 Å². The number of carbonyl (C=O) groups is 1. The fourth-order valence-electron chi connectivity index (χ4n) is 3.07. The Bertz CT molecular complexity index is 720. The predicted molar refractivity (Wildman–Crippen MR) is 100 cm³/mol. The number of piperidine rings is 1. The molecular formula is C20H20Cl2NO2. The quantitative estimate of drug-likeness (QED) is 0.568. The third-order valence-corrected chi connectivity index (χ3v) is 5.51. The minimum absolute atomic E-state index is 0.310. The molecule has 0 aromatic heterocycles. The molecule has 0 bridgehead atoms. The van der Waals surface area contributed by atoms with Gasteiger partial charge in [-0.2, -0.15) is 0 Å². The van der Waals surface area contributed by atoms with Crippen molar-refractivity contribution in [3.8, 4) is 11.1 Å². The van der Waals surface area contributed by atoms with Crippen LogP contribution in [0.3, 0.4) is 0 Å². The van der Waals surface area contributed by atoms with E-state index in [0.29, 0.717) is 12.1 Å². The first kappa shape index (κ1) is 18.2. The maximum Gasteiger partial charge on any atom is 0.276 e. The summed E-state index contributed by atoms with van der Waals surface area (Å²) in [6, 6.07) is 18.4. The molecule has 5 heteroatoms. The lowest BCUT2D eigenvalue weighted by Gasteiger charge is -2.37. The molecule has 1 heterocycles. The van der Waals surface area contributed by atoms with Crippen LogP contribution in [0.1, 0.15) is 24.8 Å². The SMILES string of the molecule is COC(Cl)(C(=O)N1CCCCC1Cl)c1ccc(-c2[c]cccc2)cc1. The number of methoxy groups -OCH3 is 1. The van der Waals surface area contributed by atoms with Gasteiger partial charge < -0.3 is 9.64 Å². The lowest BCUT2D eigenvalue weighted by Crippen LogP contribution is -2.49. The summed E-state index contributed by atoms with van der Waals surface area (Å²) in [5.41, 5.74) is 2.23. The Morgan fingerprint density at radius 2 is 2.00 bits per heavy atom. The molecule has 0 N–H and O–H groups in total. The van der Waals surface area contributed by atoms with Crippen LogP contribution >= 0.6 is 23.2 Å². The summed E-state index contributed by atoms with van der Waals surface area (Å²) < 4.78 is 5.44. The molecule has 0 spiro atoms. The summed E-state index contributed by atoms with van der Waals surface area (Å²) in [6.07, 6.45) is 2.71.